The molecule has 258 valence electrons. The lowest BCUT2D eigenvalue weighted by molar-refractivity contribution is -0.110. The smallest absolute Gasteiger partial charge is 0.207 e. The number of hydrogen-bond donors (Lipinski definition) is 2. The predicted molar refractivity (Wildman–Crippen MR) is 189 cm³/mol. The Bertz CT molecular complexity index is 1330. The molecule has 1 aromatic rings. The molecule has 2 N–H and O–H groups in total. The number of rotatable bonds is 10. The van der Waals surface area contributed by atoms with E-state index in [0.29, 0.717) is 38.8 Å². The summed E-state index contributed by atoms with van der Waals surface area (Å²) in [6, 6.07) is 1.89. The summed E-state index contributed by atoms with van der Waals surface area (Å²) in [5.74, 6) is 1.92. The number of methoxy groups -OCH3 is 1. The van der Waals surface area contributed by atoms with Crippen LogP contribution in [0.15, 0.2) is 107 Å². The third-order valence-corrected chi connectivity index (χ3v) is 7.52. The summed E-state index contributed by atoms with van der Waals surface area (Å²) in [7, 11) is 4.05. The highest BCUT2D eigenvalue weighted by Gasteiger charge is 2.46. The van der Waals surface area contributed by atoms with E-state index >= 15 is 0 Å². The van der Waals surface area contributed by atoms with Gasteiger partial charge in [-0.05, 0) is 74.1 Å². The van der Waals surface area contributed by atoms with E-state index in [1.165, 1.54) is 5.57 Å². The second-order valence-electron chi connectivity index (χ2n) is 10.4. The number of alkyl halides is 1. The van der Waals surface area contributed by atoms with Crippen molar-refractivity contribution in [3.63, 3.8) is 0 Å². The molecule has 0 aromatic carbocycles. The maximum absolute atomic E-state index is 13.4. The summed E-state index contributed by atoms with van der Waals surface area (Å²) in [5, 5.41) is 12.7. The number of ether oxygens (including phenoxy) is 1. The Morgan fingerprint density at radius 3 is 2.32 bits per heavy atom. The topological polar surface area (TPSA) is 91.7 Å². The molecule has 1 aliphatic heterocycles. The lowest BCUT2D eigenvalue weighted by Crippen LogP contribution is -2.29. The molecule has 2 atom stereocenters. The van der Waals surface area contributed by atoms with Crippen LogP contribution in [0, 0.1) is 5.92 Å². The average Bonchev–Trinajstić information content (AvgIpc) is 3.93. The number of hydrogen-bond acceptors (Lipinski definition) is 7. The van der Waals surface area contributed by atoms with Gasteiger partial charge in [-0.15, -0.1) is 0 Å². The minimum absolute atomic E-state index is 0.0782. The first-order valence-electron chi connectivity index (χ1n) is 16.3. The van der Waals surface area contributed by atoms with Crippen molar-refractivity contribution in [3.8, 4) is 0 Å². The zero-order valence-electron chi connectivity index (χ0n) is 29.4. The normalized spacial score (nSPS) is 20.1. The molecule has 47 heavy (non-hydrogen) atoms. The quantitative estimate of drug-likeness (QED) is 0.196. The highest BCUT2D eigenvalue weighted by Crippen LogP contribution is 2.42. The number of aromatic nitrogens is 2. The number of nitrogens with zero attached hydrogens (tertiary/aromatic N) is 4. The van der Waals surface area contributed by atoms with Crippen molar-refractivity contribution in [1.29, 1.82) is 0 Å². The Kier molecular flexibility index (Phi) is 19.2. The molecule has 0 radical (unpaired) electrons. The molecule has 8 nitrogen and oxygen atoms in total. The van der Waals surface area contributed by atoms with Crippen LogP contribution in [0.5, 0.6) is 0 Å². The highest BCUT2D eigenvalue weighted by atomic mass is 19.1. The maximum Gasteiger partial charge on any atom is 0.207 e. The molecule has 0 saturated heterocycles. The van der Waals surface area contributed by atoms with Gasteiger partial charge in [0.2, 0.25) is 6.41 Å². The Balaban J connectivity index is 0.000000508. The van der Waals surface area contributed by atoms with Gasteiger partial charge in [0.1, 0.15) is 11.6 Å². The van der Waals surface area contributed by atoms with E-state index in [4.69, 9.17) is 9.84 Å². The Morgan fingerprint density at radius 2 is 1.83 bits per heavy atom. The summed E-state index contributed by atoms with van der Waals surface area (Å²) >= 11 is 0. The van der Waals surface area contributed by atoms with Gasteiger partial charge < -0.3 is 15.4 Å². The van der Waals surface area contributed by atoms with Gasteiger partial charge in [-0.25, -0.2) is 14.4 Å². The van der Waals surface area contributed by atoms with Crippen LogP contribution < -0.4 is 10.6 Å². The molecule has 0 bridgehead atoms. The summed E-state index contributed by atoms with van der Waals surface area (Å²) in [6.07, 6.45) is 24.7. The fraction of sp³-hybridized carbons (Fsp3) is 0.459. The van der Waals surface area contributed by atoms with E-state index in [-0.39, 0.29) is 17.4 Å². The van der Waals surface area contributed by atoms with Gasteiger partial charge in [0.05, 0.1) is 31.6 Å². The fourth-order valence-corrected chi connectivity index (χ4v) is 4.79. The Labute approximate surface area is 280 Å². The second-order valence-corrected chi connectivity index (χ2v) is 10.4. The molecule has 0 spiro atoms. The Morgan fingerprint density at radius 1 is 1.15 bits per heavy atom. The van der Waals surface area contributed by atoms with Gasteiger partial charge in [0.25, 0.3) is 0 Å². The van der Waals surface area contributed by atoms with E-state index in [2.05, 4.69) is 58.4 Å². The van der Waals surface area contributed by atoms with Crippen molar-refractivity contribution in [3.05, 3.63) is 108 Å². The van der Waals surface area contributed by atoms with Crippen molar-refractivity contribution in [2.45, 2.75) is 84.7 Å². The summed E-state index contributed by atoms with van der Waals surface area (Å²) in [4.78, 5) is 18.5. The van der Waals surface area contributed by atoms with Crippen molar-refractivity contribution in [1.82, 2.24) is 25.6 Å². The first-order chi connectivity index (χ1) is 22.9. The monoisotopic (exact) mass is 652 g/mol. The van der Waals surface area contributed by atoms with Crippen molar-refractivity contribution in [2.24, 2.45) is 11.0 Å². The molecule has 10 heteroatoms. The molecule has 4 aliphatic rings. The van der Waals surface area contributed by atoms with Crippen LogP contribution in [-0.4, -0.2) is 54.5 Å². The molecule has 1 saturated carbocycles. The number of nitrogens with one attached hydrogen (secondary N) is 2. The largest absolute Gasteiger partial charge is 0.497 e. The maximum atomic E-state index is 13.4. The molecule has 1 aromatic heterocycles. The third kappa shape index (κ3) is 12.8. The number of halogens is 2. The second kappa shape index (κ2) is 22.2. The van der Waals surface area contributed by atoms with Crippen LogP contribution in [-0.2, 0) is 15.1 Å². The van der Waals surface area contributed by atoms with Crippen LogP contribution in [0.25, 0.3) is 0 Å². The number of hydrazone groups is 1. The zero-order valence-corrected chi connectivity index (χ0v) is 29.4. The van der Waals surface area contributed by atoms with Gasteiger partial charge >= 0.3 is 0 Å². The molecule has 2 heterocycles. The molecule has 2 unspecified atom stereocenters. The van der Waals surface area contributed by atoms with E-state index in [0.717, 1.165) is 47.8 Å². The summed E-state index contributed by atoms with van der Waals surface area (Å²) < 4.78 is 28.2. The standard InChI is InChI=1S/C24H30FN3O.C8H9N3O.2C2H6.CH3F/c1-17(26-3)15-24(20-5-9-22(25)10-6-20)27-28-14-13-21(16-18(28)2)19-7-11-23(29-4)12-8-19;12-6-11-8(2-3-8)7-9-4-1-5-10-7;3*1-2/h5,7,9,11-14,16,18-19,26H,1,6,8,10,15H2,2-4H3;1,4-6H,2-3H2,(H,11,12);2*1-2H3;1H3/b27-24+;;;;. The fourth-order valence-electron chi connectivity index (χ4n) is 4.79. The van der Waals surface area contributed by atoms with E-state index in [9.17, 15) is 13.6 Å². The van der Waals surface area contributed by atoms with E-state index < -0.39 is 0 Å². The van der Waals surface area contributed by atoms with Gasteiger partial charge in [-0.3, -0.25) is 14.2 Å². The molecular weight excluding hydrogens is 598 g/mol. The SMILES string of the molecule is C=C(C/C(=N\N1C=CC(C2C=CC(OC)=CC2)=CC1C)C1=CC=C(F)CC1)NC.CC.CC.CF.O=CNC1(c2ncccn2)CC1. The Hall–Kier alpha value is -4.34. The minimum Gasteiger partial charge on any atom is -0.497 e. The lowest BCUT2D eigenvalue weighted by atomic mass is 9.89. The average molecular weight is 653 g/mol. The van der Waals surface area contributed by atoms with Gasteiger partial charge in [0.15, 0.2) is 5.82 Å². The first-order valence-corrected chi connectivity index (χ1v) is 16.3. The molecule has 1 amide bonds. The van der Waals surface area contributed by atoms with Crippen LogP contribution >= 0.6 is 0 Å². The van der Waals surface area contributed by atoms with Crippen LogP contribution in [0.4, 0.5) is 8.78 Å². The number of carbonyl (C=O) groups excluding carboxylic acids is 1. The highest BCUT2D eigenvalue weighted by molar-refractivity contribution is 6.01. The van der Waals surface area contributed by atoms with Crippen LogP contribution in [0.3, 0.4) is 0 Å². The lowest BCUT2D eigenvalue weighted by Gasteiger charge is -2.29. The predicted octanol–water partition coefficient (Wildman–Crippen LogP) is 8.14. The van der Waals surface area contributed by atoms with E-state index in [1.54, 1.807) is 31.6 Å². The first kappa shape index (κ1) is 40.7. The minimum atomic E-state index is -0.247. The van der Waals surface area contributed by atoms with Gasteiger partial charge in [-0.2, -0.15) is 5.10 Å². The number of allylic oxidation sites excluding steroid dienone is 10. The van der Waals surface area contributed by atoms with Gasteiger partial charge in [-0.1, -0.05) is 52.5 Å². The summed E-state index contributed by atoms with van der Waals surface area (Å²) in [5.41, 5.74) is 3.91. The molecule has 3 aliphatic carbocycles. The van der Waals surface area contributed by atoms with Crippen molar-refractivity contribution >= 4 is 12.1 Å². The van der Waals surface area contributed by atoms with Crippen molar-refractivity contribution < 1.29 is 18.3 Å². The van der Waals surface area contributed by atoms with Gasteiger partial charge in [0, 0.05) is 50.1 Å². The zero-order chi connectivity index (χ0) is 35.2. The van der Waals surface area contributed by atoms with Crippen LogP contribution in [0.2, 0.25) is 0 Å². The summed E-state index contributed by atoms with van der Waals surface area (Å²) in [6.45, 7) is 14.2. The van der Waals surface area contributed by atoms with E-state index in [1.807, 2.05) is 58.1 Å². The molecular formula is C37H54F2N6O2. The third-order valence-electron chi connectivity index (χ3n) is 7.52. The van der Waals surface area contributed by atoms with Crippen LogP contribution in [0.1, 0.15) is 79.0 Å². The van der Waals surface area contributed by atoms with Crippen molar-refractivity contribution in [2.75, 3.05) is 21.3 Å². The molecule has 1 fully saturated rings. The number of amides is 1. The molecule has 5 rings (SSSR count). The number of carbonyl (C=O) groups is 1.